The van der Waals surface area contributed by atoms with E-state index in [4.69, 9.17) is 4.52 Å². The van der Waals surface area contributed by atoms with E-state index in [9.17, 15) is 9.59 Å². The fourth-order valence-corrected chi connectivity index (χ4v) is 3.18. The summed E-state index contributed by atoms with van der Waals surface area (Å²) >= 11 is 0. The molecule has 9 nitrogen and oxygen atoms in total. The van der Waals surface area contributed by atoms with E-state index in [0.717, 1.165) is 24.3 Å². The third-order valence-electron chi connectivity index (χ3n) is 4.78. The Morgan fingerprint density at radius 1 is 0.964 bits per heavy atom. The van der Waals surface area contributed by atoms with Crippen LogP contribution in [0.1, 0.15) is 10.6 Å². The van der Waals surface area contributed by atoms with Crippen molar-refractivity contribution < 1.29 is 9.32 Å². The Morgan fingerprint density at radius 2 is 1.75 bits per heavy atom. The maximum absolute atomic E-state index is 12.3. The van der Waals surface area contributed by atoms with E-state index >= 15 is 0 Å². The van der Waals surface area contributed by atoms with E-state index in [0.29, 0.717) is 26.2 Å². The minimum absolute atomic E-state index is 0.128. The van der Waals surface area contributed by atoms with Gasteiger partial charge in [0.15, 0.2) is 0 Å². The molecule has 1 aliphatic heterocycles. The van der Waals surface area contributed by atoms with Gasteiger partial charge in [0.1, 0.15) is 0 Å². The molecule has 0 aliphatic carbocycles. The zero-order valence-electron chi connectivity index (χ0n) is 15.3. The molecule has 28 heavy (non-hydrogen) atoms. The number of hydrogen-bond donors (Lipinski definition) is 0. The van der Waals surface area contributed by atoms with Gasteiger partial charge in [-0.15, -0.1) is 0 Å². The van der Waals surface area contributed by atoms with Gasteiger partial charge in [-0.05, 0) is 18.2 Å². The summed E-state index contributed by atoms with van der Waals surface area (Å²) in [6.45, 7) is 3.88. The van der Waals surface area contributed by atoms with E-state index in [1.807, 2.05) is 12.1 Å². The van der Waals surface area contributed by atoms with Crippen LogP contribution in [0.3, 0.4) is 0 Å². The van der Waals surface area contributed by atoms with Gasteiger partial charge in [0.2, 0.25) is 5.76 Å². The van der Waals surface area contributed by atoms with Gasteiger partial charge in [-0.2, -0.15) is 5.10 Å². The van der Waals surface area contributed by atoms with Crippen LogP contribution in [0.25, 0.3) is 11.3 Å². The van der Waals surface area contributed by atoms with Crippen LogP contribution in [0, 0.1) is 0 Å². The van der Waals surface area contributed by atoms with E-state index in [-0.39, 0.29) is 17.2 Å². The summed E-state index contributed by atoms with van der Waals surface area (Å²) in [4.78, 5) is 32.4. The Morgan fingerprint density at radius 3 is 2.46 bits per heavy atom. The molecule has 0 N–H and O–H groups in total. The molecule has 0 radical (unpaired) electrons. The van der Waals surface area contributed by atoms with Crippen molar-refractivity contribution in [2.75, 3.05) is 32.7 Å². The van der Waals surface area contributed by atoms with Crippen LogP contribution in [-0.4, -0.2) is 68.4 Å². The summed E-state index contributed by atoms with van der Waals surface area (Å²) in [5, 5.41) is 8.05. The Kier molecular flexibility index (Phi) is 5.24. The third-order valence-corrected chi connectivity index (χ3v) is 4.78. The number of nitrogens with zero attached hydrogens (tertiary/aromatic N) is 6. The number of hydrogen-bond acceptors (Lipinski definition) is 7. The van der Waals surface area contributed by atoms with Crippen LogP contribution in [0.15, 0.2) is 58.2 Å². The van der Waals surface area contributed by atoms with Crippen molar-refractivity contribution in [2.45, 2.75) is 6.54 Å². The molecule has 0 atom stereocenters. The highest BCUT2D eigenvalue weighted by molar-refractivity contribution is 5.91. The fraction of sp³-hybridized carbons (Fsp3) is 0.316. The average molecular weight is 380 g/mol. The van der Waals surface area contributed by atoms with E-state index in [1.165, 1.54) is 16.9 Å². The Balaban J connectivity index is 1.34. The van der Waals surface area contributed by atoms with Crippen LogP contribution in [0.5, 0.6) is 0 Å². The average Bonchev–Trinajstić information content (AvgIpc) is 3.29. The molecule has 4 rings (SSSR count). The molecular weight excluding hydrogens is 360 g/mol. The lowest BCUT2D eigenvalue weighted by atomic mass is 10.2. The highest BCUT2D eigenvalue weighted by atomic mass is 16.5. The number of amides is 1. The molecule has 0 aromatic carbocycles. The Bertz CT molecular complexity index is 978. The lowest BCUT2D eigenvalue weighted by Crippen LogP contribution is -2.49. The first-order chi connectivity index (χ1) is 13.7. The molecule has 0 bridgehead atoms. The first-order valence-electron chi connectivity index (χ1n) is 9.11. The second kappa shape index (κ2) is 8.13. The zero-order valence-corrected chi connectivity index (χ0v) is 15.3. The maximum Gasteiger partial charge on any atom is 0.292 e. The molecule has 0 spiro atoms. The second-order valence-electron chi connectivity index (χ2n) is 6.53. The lowest BCUT2D eigenvalue weighted by molar-refractivity contribution is 0.0591. The molecule has 1 aliphatic rings. The highest BCUT2D eigenvalue weighted by Crippen LogP contribution is 2.13. The lowest BCUT2D eigenvalue weighted by Gasteiger charge is -2.34. The molecule has 3 aromatic rings. The van der Waals surface area contributed by atoms with E-state index in [2.05, 4.69) is 20.1 Å². The molecule has 1 saturated heterocycles. The van der Waals surface area contributed by atoms with Crippen molar-refractivity contribution in [2.24, 2.45) is 0 Å². The maximum atomic E-state index is 12.3. The van der Waals surface area contributed by atoms with Crippen molar-refractivity contribution >= 4 is 5.91 Å². The standard InChI is InChI=1S/C19H20N6O3/c26-18-2-1-16(15-3-6-20-7-4-15)22-25(18)14-11-23-9-12-24(13-10-23)19(27)17-5-8-21-28-17/h1-8H,9-14H2. The molecule has 0 saturated carbocycles. The number of rotatable bonds is 5. The minimum atomic E-state index is -0.139. The van der Waals surface area contributed by atoms with E-state index < -0.39 is 0 Å². The molecule has 1 fully saturated rings. The number of piperazine rings is 1. The van der Waals surface area contributed by atoms with Gasteiger partial charge in [0.25, 0.3) is 11.5 Å². The minimum Gasteiger partial charge on any atom is -0.351 e. The van der Waals surface area contributed by atoms with Crippen LogP contribution in [-0.2, 0) is 6.54 Å². The predicted octanol–water partition coefficient (Wildman–Crippen LogP) is 0.751. The molecule has 9 heteroatoms. The number of aromatic nitrogens is 4. The van der Waals surface area contributed by atoms with Gasteiger partial charge in [-0.25, -0.2) is 4.68 Å². The summed E-state index contributed by atoms with van der Waals surface area (Å²) in [5.41, 5.74) is 1.53. The number of carbonyl (C=O) groups excluding carboxylic acids is 1. The third kappa shape index (κ3) is 3.99. The van der Waals surface area contributed by atoms with Gasteiger partial charge < -0.3 is 9.42 Å². The van der Waals surface area contributed by atoms with E-state index in [1.54, 1.807) is 29.4 Å². The summed E-state index contributed by atoms with van der Waals surface area (Å²) in [5.74, 6) is 0.122. The molecular formula is C19H20N6O3. The van der Waals surface area contributed by atoms with Crippen LogP contribution in [0.2, 0.25) is 0 Å². The van der Waals surface area contributed by atoms with Crippen LogP contribution in [0.4, 0.5) is 0 Å². The quantitative estimate of drug-likeness (QED) is 0.644. The summed E-state index contributed by atoms with van der Waals surface area (Å²) in [6, 6.07) is 8.56. The topological polar surface area (TPSA) is 97.4 Å². The largest absolute Gasteiger partial charge is 0.351 e. The van der Waals surface area contributed by atoms with Crippen molar-refractivity contribution in [3.05, 3.63) is 65.0 Å². The van der Waals surface area contributed by atoms with Crippen molar-refractivity contribution in [1.29, 1.82) is 0 Å². The molecule has 1 amide bonds. The molecule has 0 unspecified atom stereocenters. The number of pyridine rings is 1. The van der Waals surface area contributed by atoms with Gasteiger partial charge in [-0.1, -0.05) is 5.16 Å². The van der Waals surface area contributed by atoms with Crippen LogP contribution < -0.4 is 5.56 Å². The smallest absolute Gasteiger partial charge is 0.292 e. The van der Waals surface area contributed by atoms with Gasteiger partial charge in [-0.3, -0.25) is 19.5 Å². The summed E-state index contributed by atoms with van der Waals surface area (Å²) < 4.78 is 6.42. The van der Waals surface area contributed by atoms with Gasteiger partial charge >= 0.3 is 0 Å². The Labute approximate surface area is 161 Å². The second-order valence-corrected chi connectivity index (χ2v) is 6.53. The summed E-state index contributed by atoms with van der Waals surface area (Å²) in [6.07, 6.45) is 4.87. The van der Waals surface area contributed by atoms with Crippen molar-refractivity contribution in [3.63, 3.8) is 0 Å². The SMILES string of the molecule is O=C(c1ccno1)N1CCN(CCn2nc(-c3ccncc3)ccc2=O)CC1. The normalized spacial score (nSPS) is 14.9. The van der Waals surface area contributed by atoms with Gasteiger partial charge in [0.05, 0.1) is 18.4 Å². The predicted molar refractivity (Wildman–Crippen MR) is 101 cm³/mol. The van der Waals surface area contributed by atoms with Crippen molar-refractivity contribution in [1.82, 2.24) is 29.7 Å². The number of carbonyl (C=O) groups is 1. The van der Waals surface area contributed by atoms with Gasteiger partial charge in [0, 0.05) is 62.8 Å². The molecule has 144 valence electrons. The monoisotopic (exact) mass is 380 g/mol. The molecule has 4 heterocycles. The highest BCUT2D eigenvalue weighted by Gasteiger charge is 2.24. The van der Waals surface area contributed by atoms with Crippen LogP contribution >= 0.6 is 0 Å². The molecule has 3 aromatic heterocycles. The fourth-order valence-electron chi connectivity index (χ4n) is 3.18. The summed E-state index contributed by atoms with van der Waals surface area (Å²) in [7, 11) is 0. The Hall–Kier alpha value is -3.33. The zero-order chi connectivity index (χ0) is 19.3. The van der Waals surface area contributed by atoms with Crippen molar-refractivity contribution in [3.8, 4) is 11.3 Å². The first-order valence-corrected chi connectivity index (χ1v) is 9.11. The first kappa shape index (κ1) is 18.1.